The molecule has 0 saturated heterocycles. The van der Waals surface area contributed by atoms with Crippen molar-refractivity contribution in [3.05, 3.63) is 11.6 Å². The lowest BCUT2D eigenvalue weighted by molar-refractivity contribution is -0.730. The predicted molar refractivity (Wildman–Crippen MR) is 74.0 cm³/mol. The van der Waals surface area contributed by atoms with Crippen molar-refractivity contribution >= 4 is 0 Å². The molecule has 2 saturated carbocycles. The van der Waals surface area contributed by atoms with Crippen LogP contribution in [0.4, 0.5) is 0 Å². The molecule has 0 radical (unpaired) electrons. The van der Waals surface area contributed by atoms with Crippen LogP contribution in [0.5, 0.6) is 0 Å². The first-order valence-electron chi connectivity index (χ1n) is 7.76. The molecule has 2 atom stereocenters. The van der Waals surface area contributed by atoms with Gasteiger partial charge in [-0.2, -0.15) is 0 Å². The lowest BCUT2D eigenvalue weighted by Crippen LogP contribution is -2.96. The average Bonchev–Trinajstić information content (AvgIpc) is 2.32. The quantitative estimate of drug-likeness (QED) is 0.723. The maximum Gasteiger partial charge on any atom is 0.0924 e. The Balaban J connectivity index is 1.89. The molecule has 2 rings (SSSR count). The first-order chi connectivity index (χ1) is 8.25. The van der Waals surface area contributed by atoms with E-state index in [1.54, 1.807) is 0 Å². The largest absolute Gasteiger partial charge is 0.341 e. The number of hydrogen-bond acceptors (Lipinski definition) is 0. The molecule has 0 heterocycles. The maximum absolute atomic E-state index is 2.75. The van der Waals surface area contributed by atoms with E-state index in [4.69, 9.17) is 0 Å². The molecule has 0 aromatic carbocycles. The molecular formula is C16H30N+. The van der Waals surface area contributed by atoms with Gasteiger partial charge in [0.05, 0.1) is 12.1 Å². The number of allylic oxidation sites excluding steroid dienone is 1. The fourth-order valence-corrected chi connectivity index (χ4v) is 3.74. The van der Waals surface area contributed by atoms with Crippen LogP contribution < -0.4 is 5.32 Å². The third-order valence-corrected chi connectivity index (χ3v) is 4.59. The molecule has 0 unspecified atom stereocenters. The number of rotatable bonds is 3. The Kier molecular flexibility index (Phi) is 5.09. The highest BCUT2D eigenvalue weighted by Gasteiger charge is 2.29. The Labute approximate surface area is 107 Å². The molecule has 17 heavy (non-hydrogen) atoms. The summed E-state index contributed by atoms with van der Waals surface area (Å²) in [5.74, 6) is 0.857. The normalized spacial score (nSPS) is 31.2. The molecule has 0 aromatic heterocycles. The van der Waals surface area contributed by atoms with E-state index in [0.29, 0.717) is 0 Å². The zero-order valence-corrected chi connectivity index (χ0v) is 11.8. The molecule has 2 N–H and O–H groups in total. The van der Waals surface area contributed by atoms with Crippen LogP contribution in [-0.2, 0) is 0 Å². The van der Waals surface area contributed by atoms with E-state index in [1.165, 1.54) is 63.4 Å². The van der Waals surface area contributed by atoms with Gasteiger partial charge in [-0.25, -0.2) is 0 Å². The van der Waals surface area contributed by atoms with E-state index in [0.717, 1.165) is 18.0 Å². The van der Waals surface area contributed by atoms with Crippen LogP contribution in [0.3, 0.4) is 0 Å². The van der Waals surface area contributed by atoms with Crippen LogP contribution in [0, 0.1) is 5.92 Å². The van der Waals surface area contributed by atoms with Crippen LogP contribution >= 0.6 is 0 Å². The highest BCUT2D eigenvalue weighted by atomic mass is 15.0. The summed E-state index contributed by atoms with van der Waals surface area (Å²) in [6.45, 7) is 4.51. The fraction of sp³-hybridized carbons (Fsp3) is 0.875. The minimum Gasteiger partial charge on any atom is -0.341 e. The first-order valence-corrected chi connectivity index (χ1v) is 7.76. The zero-order valence-electron chi connectivity index (χ0n) is 11.8. The van der Waals surface area contributed by atoms with Gasteiger partial charge < -0.3 is 5.32 Å². The Morgan fingerprint density at radius 2 is 1.53 bits per heavy atom. The Morgan fingerprint density at radius 3 is 2.24 bits per heavy atom. The van der Waals surface area contributed by atoms with Gasteiger partial charge in [0.2, 0.25) is 0 Å². The minimum absolute atomic E-state index is 0.857. The first kappa shape index (κ1) is 13.1. The summed E-state index contributed by atoms with van der Waals surface area (Å²) in [7, 11) is 0. The van der Waals surface area contributed by atoms with Crippen LogP contribution in [0.2, 0.25) is 0 Å². The summed E-state index contributed by atoms with van der Waals surface area (Å²) in [5.41, 5.74) is 1.51. The van der Waals surface area contributed by atoms with Crippen LogP contribution in [-0.4, -0.2) is 12.1 Å². The molecular weight excluding hydrogens is 206 g/mol. The predicted octanol–water partition coefficient (Wildman–Crippen LogP) is 3.41. The van der Waals surface area contributed by atoms with Crippen molar-refractivity contribution in [2.45, 2.75) is 83.7 Å². The van der Waals surface area contributed by atoms with Crippen LogP contribution in [0.15, 0.2) is 11.6 Å². The summed E-state index contributed by atoms with van der Waals surface area (Å²) in [6, 6.07) is 1.83. The summed E-state index contributed by atoms with van der Waals surface area (Å²) < 4.78 is 0. The van der Waals surface area contributed by atoms with E-state index < -0.39 is 0 Å². The van der Waals surface area contributed by atoms with E-state index in [-0.39, 0.29) is 0 Å². The van der Waals surface area contributed by atoms with E-state index in [2.05, 4.69) is 25.2 Å². The van der Waals surface area contributed by atoms with Gasteiger partial charge in [-0.05, 0) is 58.8 Å². The minimum atomic E-state index is 0.857. The van der Waals surface area contributed by atoms with Gasteiger partial charge in [-0.3, -0.25) is 0 Å². The second-order valence-electron chi connectivity index (χ2n) is 6.45. The third-order valence-electron chi connectivity index (χ3n) is 4.59. The van der Waals surface area contributed by atoms with Gasteiger partial charge in [0.15, 0.2) is 0 Å². The summed E-state index contributed by atoms with van der Waals surface area (Å²) in [4.78, 5) is 0. The summed E-state index contributed by atoms with van der Waals surface area (Å²) in [6.07, 6.45) is 15.7. The number of hydrogen-bond donors (Lipinski definition) is 1. The van der Waals surface area contributed by atoms with Gasteiger partial charge in [0, 0.05) is 5.92 Å². The van der Waals surface area contributed by atoms with Crippen molar-refractivity contribution in [1.82, 2.24) is 0 Å². The molecule has 0 amide bonds. The van der Waals surface area contributed by atoms with Gasteiger partial charge in [-0.1, -0.05) is 24.5 Å². The number of quaternary nitrogens is 1. The van der Waals surface area contributed by atoms with Crippen molar-refractivity contribution in [1.29, 1.82) is 0 Å². The molecule has 0 aliphatic heterocycles. The Bertz CT molecular complexity index is 246. The van der Waals surface area contributed by atoms with Crippen molar-refractivity contribution in [3.63, 3.8) is 0 Å². The second-order valence-corrected chi connectivity index (χ2v) is 6.45. The molecule has 98 valence electrons. The highest BCUT2D eigenvalue weighted by molar-refractivity contribution is 5.00. The van der Waals surface area contributed by atoms with Crippen molar-refractivity contribution in [2.24, 2.45) is 5.92 Å². The summed E-state index contributed by atoms with van der Waals surface area (Å²) >= 11 is 0. The zero-order chi connectivity index (χ0) is 12.1. The SMILES string of the molecule is CC(C)=C[C@@H]1CCCC[C@@H]1[NH2+]C1CCCCC1. The van der Waals surface area contributed by atoms with Crippen molar-refractivity contribution < 1.29 is 5.32 Å². The number of nitrogens with two attached hydrogens (primary N) is 1. The molecule has 2 aliphatic carbocycles. The molecule has 0 spiro atoms. The van der Waals surface area contributed by atoms with Crippen molar-refractivity contribution in [3.8, 4) is 0 Å². The highest BCUT2D eigenvalue weighted by Crippen LogP contribution is 2.25. The molecule has 0 bridgehead atoms. The van der Waals surface area contributed by atoms with E-state index in [1.807, 2.05) is 0 Å². The van der Waals surface area contributed by atoms with Gasteiger partial charge in [0.1, 0.15) is 0 Å². The molecule has 2 fully saturated rings. The van der Waals surface area contributed by atoms with Gasteiger partial charge in [-0.15, -0.1) is 0 Å². The summed E-state index contributed by atoms with van der Waals surface area (Å²) in [5, 5.41) is 2.75. The van der Waals surface area contributed by atoms with Crippen LogP contribution in [0.1, 0.15) is 71.6 Å². The average molecular weight is 236 g/mol. The van der Waals surface area contributed by atoms with Gasteiger partial charge in [0.25, 0.3) is 0 Å². The monoisotopic (exact) mass is 236 g/mol. The standard InChI is InChI=1S/C16H29N/c1-13(2)12-14-8-6-7-11-16(14)17-15-9-4-3-5-10-15/h12,14-17H,3-11H2,1-2H3/p+1/t14-,16-/m0/s1. The Hall–Kier alpha value is -0.300. The van der Waals surface area contributed by atoms with E-state index in [9.17, 15) is 0 Å². The third kappa shape index (κ3) is 4.13. The fourth-order valence-electron chi connectivity index (χ4n) is 3.74. The molecule has 1 heteroatoms. The smallest absolute Gasteiger partial charge is 0.0924 e. The lowest BCUT2D eigenvalue weighted by atomic mass is 9.82. The van der Waals surface area contributed by atoms with Gasteiger partial charge >= 0.3 is 0 Å². The second kappa shape index (κ2) is 6.58. The topological polar surface area (TPSA) is 16.6 Å². The Morgan fingerprint density at radius 1 is 0.882 bits per heavy atom. The molecule has 2 aliphatic rings. The lowest BCUT2D eigenvalue weighted by Gasteiger charge is -2.32. The maximum atomic E-state index is 2.75. The van der Waals surface area contributed by atoms with E-state index >= 15 is 0 Å². The molecule has 1 nitrogen and oxygen atoms in total. The van der Waals surface area contributed by atoms with Crippen LogP contribution in [0.25, 0.3) is 0 Å². The molecule has 0 aromatic rings. The van der Waals surface area contributed by atoms with Crippen molar-refractivity contribution in [2.75, 3.05) is 0 Å².